The van der Waals surface area contributed by atoms with E-state index in [0.29, 0.717) is 0 Å². The molecule has 0 unspecified atom stereocenters. The minimum absolute atomic E-state index is 0. The molecule has 2 aliphatic rings. The summed E-state index contributed by atoms with van der Waals surface area (Å²) in [4.78, 5) is 0. The monoisotopic (exact) mass is 409 g/mol. The summed E-state index contributed by atoms with van der Waals surface area (Å²) < 4.78 is 0. The van der Waals surface area contributed by atoms with Gasteiger partial charge in [0.15, 0.2) is 0 Å². The average molecular weight is 409 g/mol. The van der Waals surface area contributed by atoms with Crippen LogP contribution in [0.15, 0.2) is 48.6 Å². The first kappa shape index (κ1) is 16.6. The fraction of sp³-hybridized carbons (Fsp3) is 0.500. The normalized spacial score (nSPS) is 18.8. The molecule has 0 fully saturated rings. The van der Waals surface area contributed by atoms with Crippen molar-refractivity contribution in [3.05, 3.63) is 48.6 Å². The number of rotatable bonds is 0. The Morgan fingerprint density at radius 2 is 0.647 bits per heavy atom. The smallest absolute Gasteiger partial charge is 0 e. The van der Waals surface area contributed by atoms with E-state index in [1.807, 2.05) is 0 Å². The minimum atomic E-state index is 0. The van der Waals surface area contributed by atoms with Gasteiger partial charge in [-0.3, -0.25) is 0 Å². The van der Waals surface area contributed by atoms with Gasteiger partial charge >= 0.3 is 0 Å². The van der Waals surface area contributed by atoms with Crippen molar-refractivity contribution < 1.29 is 20.1 Å². The van der Waals surface area contributed by atoms with Crippen LogP contribution in [0, 0.1) is 0 Å². The van der Waals surface area contributed by atoms with Crippen LogP contribution in [0.3, 0.4) is 0 Å². The largest absolute Gasteiger partial charge is 0.0845 e. The van der Waals surface area contributed by atoms with Crippen molar-refractivity contribution in [2.24, 2.45) is 0 Å². The van der Waals surface area contributed by atoms with Gasteiger partial charge in [-0.15, -0.1) is 0 Å². The molecule has 1 radical (unpaired) electrons. The molecule has 0 bridgehead atoms. The predicted molar refractivity (Wildman–Crippen MR) is 73.5 cm³/mol. The van der Waals surface area contributed by atoms with Crippen molar-refractivity contribution in [3.63, 3.8) is 0 Å². The Balaban J connectivity index is 0.000000284. The molecule has 17 heavy (non-hydrogen) atoms. The van der Waals surface area contributed by atoms with E-state index in [-0.39, 0.29) is 20.1 Å². The number of hydrogen-bond acceptors (Lipinski definition) is 0. The second-order valence-corrected chi connectivity index (χ2v) is 4.28. The van der Waals surface area contributed by atoms with E-state index in [0.717, 1.165) is 0 Å². The molecule has 0 heterocycles. The molecule has 0 aromatic carbocycles. The van der Waals surface area contributed by atoms with Crippen LogP contribution in [0.5, 0.6) is 0 Å². The van der Waals surface area contributed by atoms with Crippen molar-refractivity contribution >= 4 is 0 Å². The van der Waals surface area contributed by atoms with Crippen molar-refractivity contribution in [1.82, 2.24) is 0 Å². The fourth-order valence-corrected chi connectivity index (χ4v) is 1.75. The molecule has 0 saturated carbocycles. The van der Waals surface area contributed by atoms with E-state index in [2.05, 4.69) is 48.6 Å². The van der Waals surface area contributed by atoms with E-state index < -0.39 is 0 Å². The van der Waals surface area contributed by atoms with Crippen LogP contribution in [-0.4, -0.2) is 0 Å². The SMILES string of the molecule is C1=CCCCCC=C1.C1=CCCCCC=C1.[Ir]. The second-order valence-electron chi connectivity index (χ2n) is 4.28. The molecule has 1 heteroatoms. The van der Waals surface area contributed by atoms with Gasteiger partial charge in [-0.2, -0.15) is 0 Å². The second kappa shape index (κ2) is 13.7. The molecule has 0 saturated heterocycles. The molecular weight excluding hydrogens is 384 g/mol. The molecule has 0 aliphatic heterocycles. The van der Waals surface area contributed by atoms with Crippen LogP contribution in [0.1, 0.15) is 51.4 Å². The Hall–Kier alpha value is -0.391. The topological polar surface area (TPSA) is 0 Å². The molecule has 0 amide bonds. The standard InChI is InChI=1S/2C8H12.Ir/c2*1-2-4-6-8-7-5-3-1;/h2*1-4H,5-8H2;. The predicted octanol–water partition coefficient (Wildman–Crippen LogP) is 5.34. The van der Waals surface area contributed by atoms with Crippen LogP contribution in [0.25, 0.3) is 0 Å². The average Bonchev–Trinajstić information content (AvgIpc) is 2.15. The molecule has 0 aromatic rings. The maximum Gasteiger partial charge on any atom is 0 e. The molecular formula is C16H24Ir. The molecule has 0 N–H and O–H groups in total. The summed E-state index contributed by atoms with van der Waals surface area (Å²) in [5.41, 5.74) is 0. The number of allylic oxidation sites excluding steroid dienone is 8. The summed E-state index contributed by atoms with van der Waals surface area (Å²) in [6.07, 6.45) is 28.0. The van der Waals surface area contributed by atoms with Gasteiger partial charge in [0.1, 0.15) is 0 Å². The summed E-state index contributed by atoms with van der Waals surface area (Å²) >= 11 is 0. The zero-order valence-electron chi connectivity index (χ0n) is 10.6. The first-order valence-electron chi connectivity index (χ1n) is 6.63. The van der Waals surface area contributed by atoms with Crippen molar-refractivity contribution in [2.45, 2.75) is 51.4 Å². The molecule has 2 rings (SSSR count). The van der Waals surface area contributed by atoms with E-state index in [1.54, 1.807) is 0 Å². The zero-order chi connectivity index (χ0) is 11.3. The van der Waals surface area contributed by atoms with Gasteiger partial charge in [-0.25, -0.2) is 0 Å². The Kier molecular flexibility index (Phi) is 13.4. The molecule has 0 spiro atoms. The van der Waals surface area contributed by atoms with Crippen LogP contribution in [-0.2, 0) is 20.1 Å². The first-order valence-corrected chi connectivity index (χ1v) is 6.63. The third-order valence-electron chi connectivity index (χ3n) is 2.75. The zero-order valence-corrected chi connectivity index (χ0v) is 13.0. The van der Waals surface area contributed by atoms with Crippen LogP contribution < -0.4 is 0 Å². The van der Waals surface area contributed by atoms with Crippen LogP contribution >= 0.6 is 0 Å². The van der Waals surface area contributed by atoms with Gasteiger partial charge in [0.2, 0.25) is 0 Å². The Morgan fingerprint density at radius 3 is 0.882 bits per heavy atom. The van der Waals surface area contributed by atoms with Gasteiger partial charge in [0, 0.05) is 20.1 Å². The van der Waals surface area contributed by atoms with E-state index >= 15 is 0 Å². The summed E-state index contributed by atoms with van der Waals surface area (Å²) in [5.74, 6) is 0. The maximum atomic E-state index is 2.23. The third-order valence-corrected chi connectivity index (χ3v) is 2.75. The van der Waals surface area contributed by atoms with Gasteiger partial charge in [-0.1, -0.05) is 48.6 Å². The summed E-state index contributed by atoms with van der Waals surface area (Å²) in [6.45, 7) is 0. The molecule has 2 aliphatic carbocycles. The Labute approximate surface area is 120 Å². The van der Waals surface area contributed by atoms with E-state index in [1.165, 1.54) is 51.4 Å². The van der Waals surface area contributed by atoms with E-state index in [9.17, 15) is 0 Å². The van der Waals surface area contributed by atoms with Crippen LogP contribution in [0.2, 0.25) is 0 Å². The third kappa shape index (κ3) is 11.9. The van der Waals surface area contributed by atoms with Gasteiger partial charge in [-0.05, 0) is 51.4 Å². The molecule has 0 atom stereocenters. The van der Waals surface area contributed by atoms with Gasteiger partial charge in [0.25, 0.3) is 0 Å². The van der Waals surface area contributed by atoms with Crippen molar-refractivity contribution in [3.8, 4) is 0 Å². The summed E-state index contributed by atoms with van der Waals surface area (Å²) in [6, 6.07) is 0. The van der Waals surface area contributed by atoms with Gasteiger partial charge < -0.3 is 0 Å². The Morgan fingerprint density at radius 1 is 0.412 bits per heavy atom. The summed E-state index contributed by atoms with van der Waals surface area (Å²) in [5, 5.41) is 0. The molecule has 97 valence electrons. The summed E-state index contributed by atoms with van der Waals surface area (Å²) in [7, 11) is 0. The molecule has 0 nitrogen and oxygen atoms in total. The minimum Gasteiger partial charge on any atom is -0.0845 e. The van der Waals surface area contributed by atoms with Crippen molar-refractivity contribution in [2.75, 3.05) is 0 Å². The number of hydrogen-bond donors (Lipinski definition) is 0. The van der Waals surface area contributed by atoms with Gasteiger partial charge in [0.05, 0.1) is 0 Å². The van der Waals surface area contributed by atoms with Crippen LogP contribution in [0.4, 0.5) is 0 Å². The Bertz CT molecular complexity index is 203. The first-order chi connectivity index (χ1) is 8.00. The van der Waals surface area contributed by atoms with E-state index in [4.69, 9.17) is 0 Å². The maximum absolute atomic E-state index is 2.23. The van der Waals surface area contributed by atoms with Crippen molar-refractivity contribution in [1.29, 1.82) is 0 Å². The molecule has 0 aromatic heterocycles. The fourth-order valence-electron chi connectivity index (χ4n) is 1.75. The quantitative estimate of drug-likeness (QED) is 0.507.